The predicted molar refractivity (Wildman–Crippen MR) is 76.0 cm³/mol. The average molecular weight is 331 g/mol. The van der Waals surface area contributed by atoms with Crippen LogP contribution in [0, 0.1) is 0 Å². The van der Waals surface area contributed by atoms with Crippen LogP contribution in [0.15, 0.2) is 29.2 Å². The van der Waals surface area contributed by atoms with Gasteiger partial charge in [0.1, 0.15) is 11.8 Å². The maximum absolute atomic E-state index is 11.9. The first-order chi connectivity index (χ1) is 10.3. The molecule has 0 unspecified atom stereocenters. The molecule has 8 nitrogen and oxygen atoms in total. The summed E-state index contributed by atoms with van der Waals surface area (Å²) in [6, 6.07) is 4.16. The third-order valence-corrected chi connectivity index (χ3v) is 4.20. The molecule has 0 aromatic heterocycles. The summed E-state index contributed by atoms with van der Waals surface area (Å²) in [5, 5.41) is 8.71. The van der Waals surface area contributed by atoms with Crippen molar-refractivity contribution in [3.63, 3.8) is 0 Å². The summed E-state index contributed by atoms with van der Waals surface area (Å²) in [6.45, 7) is 1.33. The Morgan fingerprint density at radius 1 is 1.27 bits per heavy atom. The van der Waals surface area contributed by atoms with E-state index < -0.39 is 28.0 Å². The number of carboxylic acids is 1. The molecule has 1 aromatic rings. The molecule has 22 heavy (non-hydrogen) atoms. The molecule has 0 aliphatic heterocycles. The lowest BCUT2D eigenvalue weighted by Crippen LogP contribution is -2.38. The van der Waals surface area contributed by atoms with Gasteiger partial charge in [-0.05, 0) is 31.2 Å². The van der Waals surface area contributed by atoms with Crippen molar-refractivity contribution >= 4 is 22.0 Å². The van der Waals surface area contributed by atoms with Gasteiger partial charge in [-0.15, -0.1) is 0 Å². The van der Waals surface area contributed by atoms with Crippen LogP contribution in [0.3, 0.4) is 0 Å². The number of aliphatic carboxylic acids is 1. The van der Waals surface area contributed by atoms with E-state index in [1.165, 1.54) is 38.3 Å². The second-order valence-electron chi connectivity index (χ2n) is 4.33. The van der Waals surface area contributed by atoms with Crippen LogP contribution in [-0.4, -0.2) is 45.2 Å². The number of rotatable bonds is 8. The minimum Gasteiger partial charge on any atom is -0.493 e. The number of nitrogens with one attached hydrogen (secondary N) is 1. The lowest BCUT2D eigenvalue weighted by atomic mass is 10.3. The predicted octanol–water partition coefficient (Wildman–Crippen LogP) is 0.380. The average Bonchev–Trinajstić information content (AvgIpc) is 2.47. The van der Waals surface area contributed by atoms with Gasteiger partial charge in [-0.2, -0.15) is 4.72 Å². The van der Waals surface area contributed by atoms with Gasteiger partial charge in [0.15, 0.2) is 0 Å². The van der Waals surface area contributed by atoms with Gasteiger partial charge in [0, 0.05) is 0 Å². The smallest absolute Gasteiger partial charge is 0.321 e. The molecule has 0 saturated heterocycles. The maximum atomic E-state index is 11.9. The molecule has 0 aliphatic rings. The zero-order chi connectivity index (χ0) is 16.8. The molecular weight excluding hydrogens is 314 g/mol. The third kappa shape index (κ3) is 5.34. The fraction of sp³-hybridized carbons (Fsp3) is 0.385. The number of sulfonamides is 1. The second-order valence-corrected chi connectivity index (χ2v) is 6.04. The number of esters is 1. The summed E-state index contributed by atoms with van der Waals surface area (Å²) in [7, 11) is -2.65. The Kier molecular flexibility index (Phi) is 6.32. The minimum atomic E-state index is -3.92. The number of ether oxygens (including phenoxy) is 2. The van der Waals surface area contributed by atoms with Crippen molar-refractivity contribution in [2.75, 3.05) is 13.7 Å². The summed E-state index contributed by atoms with van der Waals surface area (Å²) in [6.07, 6.45) is 0.0776. The lowest BCUT2D eigenvalue weighted by Gasteiger charge is -2.11. The van der Waals surface area contributed by atoms with E-state index in [0.29, 0.717) is 5.75 Å². The SMILES string of the molecule is COC(=O)CCOc1ccc(S(=O)(=O)N[C@H](C)C(=O)O)cc1. The van der Waals surface area contributed by atoms with E-state index in [4.69, 9.17) is 9.84 Å². The van der Waals surface area contributed by atoms with E-state index in [-0.39, 0.29) is 17.9 Å². The van der Waals surface area contributed by atoms with Crippen LogP contribution in [0.2, 0.25) is 0 Å². The van der Waals surface area contributed by atoms with Gasteiger partial charge in [-0.3, -0.25) is 9.59 Å². The molecule has 1 rings (SSSR count). The number of hydrogen-bond donors (Lipinski definition) is 2. The molecule has 122 valence electrons. The lowest BCUT2D eigenvalue weighted by molar-refractivity contribution is -0.141. The zero-order valence-electron chi connectivity index (χ0n) is 12.1. The van der Waals surface area contributed by atoms with E-state index in [2.05, 4.69) is 4.74 Å². The van der Waals surface area contributed by atoms with Crippen molar-refractivity contribution in [2.45, 2.75) is 24.3 Å². The van der Waals surface area contributed by atoms with Crippen molar-refractivity contribution < 1.29 is 32.6 Å². The van der Waals surface area contributed by atoms with E-state index in [1.54, 1.807) is 0 Å². The summed E-state index contributed by atoms with van der Waals surface area (Å²) < 4.78 is 35.6. The van der Waals surface area contributed by atoms with Crippen LogP contribution >= 0.6 is 0 Å². The second kappa shape index (κ2) is 7.76. The monoisotopic (exact) mass is 331 g/mol. The Hall–Kier alpha value is -2.13. The molecule has 0 spiro atoms. The van der Waals surface area contributed by atoms with Gasteiger partial charge in [-0.25, -0.2) is 8.42 Å². The van der Waals surface area contributed by atoms with Crippen molar-refractivity contribution in [1.29, 1.82) is 0 Å². The van der Waals surface area contributed by atoms with Crippen LogP contribution in [0.1, 0.15) is 13.3 Å². The largest absolute Gasteiger partial charge is 0.493 e. The van der Waals surface area contributed by atoms with Crippen molar-refractivity contribution in [1.82, 2.24) is 4.72 Å². The third-order valence-electron chi connectivity index (χ3n) is 2.64. The zero-order valence-corrected chi connectivity index (χ0v) is 12.9. The fourth-order valence-corrected chi connectivity index (χ4v) is 2.62. The Bertz CT molecular complexity index is 624. The van der Waals surface area contributed by atoms with Gasteiger partial charge in [0.2, 0.25) is 10.0 Å². The number of carboxylic acid groups (broad SMARTS) is 1. The fourth-order valence-electron chi connectivity index (χ4n) is 1.42. The first-order valence-corrected chi connectivity index (χ1v) is 7.79. The first kappa shape index (κ1) is 17.9. The Morgan fingerprint density at radius 3 is 2.36 bits per heavy atom. The molecule has 9 heteroatoms. The molecule has 0 heterocycles. The highest BCUT2D eigenvalue weighted by molar-refractivity contribution is 7.89. The van der Waals surface area contributed by atoms with E-state index in [1.807, 2.05) is 4.72 Å². The summed E-state index contributed by atoms with van der Waals surface area (Å²) in [5.41, 5.74) is 0. The molecule has 0 fully saturated rings. The van der Waals surface area contributed by atoms with Crippen molar-refractivity contribution in [3.05, 3.63) is 24.3 Å². The quantitative estimate of drug-likeness (QED) is 0.661. The number of carbonyl (C=O) groups is 2. The molecule has 0 aliphatic carbocycles. The van der Waals surface area contributed by atoms with Crippen LogP contribution < -0.4 is 9.46 Å². The number of benzene rings is 1. The van der Waals surface area contributed by atoms with Crippen LogP contribution in [0.5, 0.6) is 5.75 Å². The van der Waals surface area contributed by atoms with Crippen LogP contribution in [0.25, 0.3) is 0 Å². The Morgan fingerprint density at radius 2 is 1.86 bits per heavy atom. The normalized spacial score (nSPS) is 12.5. The number of carbonyl (C=O) groups excluding carboxylic acids is 1. The van der Waals surface area contributed by atoms with Crippen LogP contribution in [0.4, 0.5) is 0 Å². The molecule has 2 N–H and O–H groups in total. The van der Waals surface area contributed by atoms with Crippen molar-refractivity contribution in [2.24, 2.45) is 0 Å². The van der Waals surface area contributed by atoms with E-state index in [9.17, 15) is 18.0 Å². The van der Waals surface area contributed by atoms with Gasteiger partial charge in [0.25, 0.3) is 0 Å². The highest BCUT2D eigenvalue weighted by Crippen LogP contribution is 2.16. The molecule has 0 bridgehead atoms. The van der Waals surface area contributed by atoms with Gasteiger partial charge in [0.05, 0.1) is 25.0 Å². The Labute approximate surface area is 128 Å². The maximum Gasteiger partial charge on any atom is 0.321 e. The number of hydrogen-bond acceptors (Lipinski definition) is 6. The Balaban J connectivity index is 2.67. The first-order valence-electron chi connectivity index (χ1n) is 6.31. The molecule has 0 amide bonds. The number of methoxy groups -OCH3 is 1. The van der Waals surface area contributed by atoms with Gasteiger partial charge >= 0.3 is 11.9 Å². The summed E-state index contributed by atoms with van der Waals surface area (Å²) in [4.78, 5) is 21.5. The van der Waals surface area contributed by atoms with Crippen LogP contribution in [-0.2, 0) is 24.3 Å². The topological polar surface area (TPSA) is 119 Å². The van der Waals surface area contributed by atoms with E-state index >= 15 is 0 Å². The van der Waals surface area contributed by atoms with Gasteiger partial charge in [-0.1, -0.05) is 0 Å². The molecule has 0 radical (unpaired) electrons. The molecule has 1 aromatic carbocycles. The highest BCUT2D eigenvalue weighted by Gasteiger charge is 2.21. The highest BCUT2D eigenvalue weighted by atomic mass is 32.2. The molecular formula is C13H17NO7S. The summed E-state index contributed by atoms with van der Waals surface area (Å²) in [5.74, 6) is -1.30. The summed E-state index contributed by atoms with van der Waals surface area (Å²) >= 11 is 0. The molecule has 0 saturated carbocycles. The van der Waals surface area contributed by atoms with Crippen molar-refractivity contribution in [3.8, 4) is 5.75 Å². The standard InChI is InChI=1S/C13H17NO7S/c1-9(13(16)17)14-22(18,19)11-5-3-10(4-6-11)21-8-7-12(15)20-2/h3-6,9,14H,7-8H2,1-2H3,(H,16,17)/t9-/m1/s1. The molecule has 1 atom stereocenters. The minimum absolute atomic E-state index is 0.0776. The van der Waals surface area contributed by atoms with Gasteiger partial charge < -0.3 is 14.6 Å². The van der Waals surface area contributed by atoms with E-state index in [0.717, 1.165) is 0 Å².